The van der Waals surface area contributed by atoms with Crippen molar-refractivity contribution in [3.8, 4) is 27.7 Å². The normalized spacial score (nSPS) is 22.8. The number of amides is 4. The van der Waals surface area contributed by atoms with Crippen LogP contribution in [0.4, 0.5) is 4.79 Å². The van der Waals surface area contributed by atoms with E-state index in [0.29, 0.717) is 35.0 Å². The molecule has 18 heteroatoms. The molecule has 16 nitrogen and oxygen atoms in total. The van der Waals surface area contributed by atoms with Crippen molar-refractivity contribution in [2.75, 3.05) is 20.3 Å². The molecule has 2 aromatic heterocycles. The van der Waals surface area contributed by atoms with Crippen LogP contribution in [-0.2, 0) is 29.1 Å². The molecule has 2 aliphatic carbocycles. The summed E-state index contributed by atoms with van der Waals surface area (Å²) in [6, 6.07) is 4.40. The molecular weight excluding hydrogens is 749 g/mol. The van der Waals surface area contributed by atoms with Crippen molar-refractivity contribution >= 4 is 45.2 Å². The van der Waals surface area contributed by atoms with Crippen molar-refractivity contribution in [3.63, 3.8) is 0 Å². The zero-order chi connectivity index (χ0) is 39.9. The lowest BCUT2D eigenvalue weighted by atomic mass is 9.85. The van der Waals surface area contributed by atoms with Gasteiger partial charge in [0, 0.05) is 36.0 Å². The van der Waals surface area contributed by atoms with Gasteiger partial charge >= 0.3 is 6.09 Å². The van der Waals surface area contributed by atoms with Crippen LogP contribution in [0.25, 0.3) is 22.0 Å². The maximum atomic E-state index is 14.6. The van der Waals surface area contributed by atoms with Crippen LogP contribution in [0.15, 0.2) is 48.5 Å². The Bertz CT molecular complexity index is 2040. The third-order valence-corrected chi connectivity index (χ3v) is 12.6. The average Bonchev–Trinajstić information content (AvgIpc) is 3.91. The zero-order valence-corrected chi connectivity index (χ0v) is 33.4. The quantitative estimate of drug-likeness (QED) is 0.201. The van der Waals surface area contributed by atoms with Crippen LogP contribution in [0.1, 0.15) is 66.3 Å². The van der Waals surface area contributed by atoms with Gasteiger partial charge in [0.05, 0.1) is 25.0 Å². The van der Waals surface area contributed by atoms with Crippen molar-refractivity contribution in [2.45, 2.75) is 89.2 Å². The molecule has 3 heterocycles. The molecule has 296 valence electrons. The smallest absolute Gasteiger partial charge is 0.407 e. The van der Waals surface area contributed by atoms with Crippen molar-refractivity contribution in [1.29, 1.82) is 0 Å². The number of methoxy groups -OCH3 is 1. The number of hydrogen-bond donors (Lipinski definition) is 3. The van der Waals surface area contributed by atoms with Crippen molar-refractivity contribution in [1.82, 2.24) is 40.2 Å². The van der Waals surface area contributed by atoms with E-state index in [9.17, 15) is 27.6 Å². The van der Waals surface area contributed by atoms with Crippen LogP contribution in [0.2, 0.25) is 0 Å². The highest BCUT2D eigenvalue weighted by molar-refractivity contribution is 7.91. The second-order valence-electron chi connectivity index (χ2n) is 15.8. The first-order valence-corrected chi connectivity index (χ1v) is 20.7. The molecule has 3 aromatic rings. The topological polar surface area (TPSA) is 204 Å². The Hall–Kier alpha value is -4.84. The highest BCUT2D eigenvalue weighted by Gasteiger charge is 2.62. The number of aromatic nitrogens is 4. The highest BCUT2D eigenvalue weighted by atomic mass is 32.2. The summed E-state index contributed by atoms with van der Waals surface area (Å²) in [5.74, 6) is -1.88. The molecule has 3 N–H and O–H groups in total. The minimum atomic E-state index is -3.91. The highest BCUT2D eigenvalue weighted by Crippen LogP contribution is 2.46. The van der Waals surface area contributed by atoms with Gasteiger partial charge in [-0.05, 0) is 54.9 Å². The van der Waals surface area contributed by atoms with E-state index < -0.39 is 74.1 Å². The number of nitrogens with zero attached hydrogens (tertiary/aromatic N) is 5. The fourth-order valence-corrected chi connectivity index (χ4v) is 8.61. The Kier molecular flexibility index (Phi) is 11.1. The largest absolute Gasteiger partial charge is 0.497 e. The Morgan fingerprint density at radius 2 is 1.80 bits per heavy atom. The first-order valence-electron chi connectivity index (χ1n) is 18.2. The van der Waals surface area contributed by atoms with Crippen molar-refractivity contribution in [2.24, 2.45) is 17.3 Å². The number of benzene rings is 1. The lowest BCUT2D eigenvalue weighted by molar-refractivity contribution is -0.142. The van der Waals surface area contributed by atoms with Gasteiger partial charge < -0.3 is 25.0 Å². The number of nitrogens with one attached hydrogen (secondary N) is 3. The Morgan fingerprint density at radius 1 is 1.11 bits per heavy atom. The van der Waals surface area contributed by atoms with Gasteiger partial charge in [-0.25, -0.2) is 18.2 Å². The Morgan fingerprint density at radius 3 is 2.36 bits per heavy atom. The van der Waals surface area contributed by atoms with E-state index in [0.717, 1.165) is 5.56 Å². The number of likely N-dealkylation sites (tertiary alicyclic amines) is 1. The lowest BCUT2D eigenvalue weighted by Crippen LogP contribution is -2.60. The number of thiazole rings is 1. The first-order chi connectivity index (χ1) is 26.0. The van der Waals surface area contributed by atoms with E-state index in [1.54, 1.807) is 46.2 Å². The molecule has 4 amide bonds. The summed E-state index contributed by atoms with van der Waals surface area (Å²) in [5.41, 5.74) is -0.608. The molecule has 0 bridgehead atoms. The summed E-state index contributed by atoms with van der Waals surface area (Å²) in [5, 5.41) is 17.0. The number of alkyl carbamates (subject to hydrolysis) is 1. The number of rotatable bonds is 14. The molecule has 6 rings (SSSR count). The molecular formula is C37H48N8O8S2. The maximum Gasteiger partial charge on any atom is 0.407 e. The Balaban J connectivity index is 1.34. The monoisotopic (exact) mass is 796 g/mol. The number of ether oxygens (including phenoxy) is 2. The molecule has 3 aliphatic rings. The first kappa shape index (κ1) is 39.8. The number of hydrogen-bond acceptors (Lipinski definition) is 12. The zero-order valence-electron chi connectivity index (χ0n) is 31.8. The molecule has 1 saturated heterocycles. The average molecular weight is 797 g/mol. The minimum absolute atomic E-state index is 0.0274. The van der Waals surface area contributed by atoms with Crippen molar-refractivity contribution < 1.29 is 37.1 Å². The van der Waals surface area contributed by atoms with Crippen LogP contribution < -0.4 is 20.1 Å². The number of carbonyl (C=O) groups is 4. The molecule has 0 radical (unpaired) electrons. The second kappa shape index (κ2) is 15.4. The van der Waals surface area contributed by atoms with Crippen LogP contribution in [0.3, 0.4) is 0 Å². The fourth-order valence-electron chi connectivity index (χ4n) is 6.62. The van der Waals surface area contributed by atoms with Gasteiger partial charge in [-0.2, -0.15) is 9.90 Å². The van der Waals surface area contributed by atoms with Crippen LogP contribution in [0.5, 0.6) is 5.75 Å². The van der Waals surface area contributed by atoms with Gasteiger partial charge in [-0.3, -0.25) is 19.1 Å². The summed E-state index contributed by atoms with van der Waals surface area (Å²) < 4.78 is 38.4. The van der Waals surface area contributed by atoms with Crippen LogP contribution in [0, 0.1) is 17.3 Å². The molecule has 1 aromatic carbocycles. The van der Waals surface area contributed by atoms with E-state index in [1.165, 1.54) is 27.1 Å². The van der Waals surface area contributed by atoms with Gasteiger partial charge in [0.15, 0.2) is 0 Å². The van der Waals surface area contributed by atoms with E-state index >= 15 is 0 Å². The molecule has 3 fully saturated rings. The molecule has 0 spiro atoms. The summed E-state index contributed by atoms with van der Waals surface area (Å²) in [6.07, 6.45) is 3.47. The van der Waals surface area contributed by atoms with E-state index in [-0.39, 0.29) is 31.9 Å². The Labute approximate surface area is 324 Å². The van der Waals surface area contributed by atoms with E-state index in [2.05, 4.69) is 26.9 Å². The standard InChI is InChI=1S/C37H48N8O8S2/c1-8-23-18-37(23,34(48)43-55(50,51)26-13-14-26)40-31(46)27-17-24(19-44(27)33(47)30(36(4,5)6)39-35(49)53-20-21(2)3)45-41-28(22-9-11-25(52-7)12-10-22)29(42-45)32-38-15-16-54-32/h8-12,15-16,21,23-24,26-27,30H,1,13-14,17-20H2,2-7H3,(H,39,49)(H,40,46)(H,43,48)/t23-,24-,27+,30+,37+/m1/s1. The van der Waals surface area contributed by atoms with Gasteiger partial charge in [0.1, 0.15) is 39.8 Å². The third kappa shape index (κ3) is 8.54. The summed E-state index contributed by atoms with van der Waals surface area (Å²) in [7, 11) is -2.34. The van der Waals surface area contributed by atoms with Gasteiger partial charge in [0.25, 0.3) is 5.91 Å². The van der Waals surface area contributed by atoms with Gasteiger partial charge in [0.2, 0.25) is 21.8 Å². The minimum Gasteiger partial charge on any atom is -0.497 e. The lowest BCUT2D eigenvalue weighted by Gasteiger charge is -2.35. The van der Waals surface area contributed by atoms with E-state index in [1.807, 2.05) is 31.4 Å². The summed E-state index contributed by atoms with van der Waals surface area (Å²) >= 11 is 1.38. The number of sulfonamides is 1. The van der Waals surface area contributed by atoms with Crippen LogP contribution >= 0.6 is 11.3 Å². The molecule has 1 aliphatic heterocycles. The maximum absolute atomic E-state index is 14.6. The predicted molar refractivity (Wildman–Crippen MR) is 204 cm³/mol. The SMILES string of the molecule is C=C[C@@H]1C[C@@]1(NC(=O)[C@@H]1C[C@@H](n2nc(-c3ccc(OC)cc3)c(-c3nccs3)n2)CN1C(=O)[C@H](NC(=O)OCC(C)C)C(C)(C)C)C(=O)NS(=O)(=O)C1CC1. The fraction of sp³-hybridized carbons (Fsp3) is 0.541. The molecule has 2 saturated carbocycles. The van der Waals surface area contributed by atoms with Crippen molar-refractivity contribution in [3.05, 3.63) is 48.5 Å². The van der Waals surface area contributed by atoms with Gasteiger partial charge in [-0.1, -0.05) is 40.7 Å². The van der Waals surface area contributed by atoms with E-state index in [4.69, 9.17) is 19.7 Å². The van der Waals surface area contributed by atoms with Gasteiger partial charge in [-0.15, -0.1) is 23.0 Å². The van der Waals surface area contributed by atoms with Crippen LogP contribution in [-0.4, -0.2) is 100 Å². The number of carbonyl (C=O) groups excluding carboxylic acids is 4. The molecule has 0 unspecified atom stereocenters. The summed E-state index contributed by atoms with van der Waals surface area (Å²) in [6.45, 7) is 13.0. The molecule has 55 heavy (non-hydrogen) atoms. The third-order valence-electron chi connectivity index (χ3n) is 9.99. The second-order valence-corrected chi connectivity index (χ2v) is 18.7. The molecule has 5 atom stereocenters. The predicted octanol–water partition coefficient (Wildman–Crippen LogP) is 3.69. The summed E-state index contributed by atoms with van der Waals surface area (Å²) in [4.78, 5) is 62.9.